The molecule has 184 valence electrons. The number of likely N-dealkylation sites (N-methyl/N-ethyl adjacent to an activating group) is 1. The molecule has 0 saturated carbocycles. The van der Waals surface area contributed by atoms with Gasteiger partial charge in [0.05, 0.1) is 6.54 Å². The maximum atomic E-state index is 10.4. The van der Waals surface area contributed by atoms with E-state index in [2.05, 4.69) is 4.99 Å². The highest BCUT2D eigenvalue weighted by Crippen LogP contribution is 2.18. The SMILES string of the molecule is CC[N+]1(O)CCN=C1CCCCCCCCCCCCCCCCCCCC(=O)O.[OH-]. The van der Waals surface area contributed by atoms with Crippen LogP contribution in [0.3, 0.4) is 0 Å². The van der Waals surface area contributed by atoms with E-state index in [0.717, 1.165) is 44.7 Å². The van der Waals surface area contributed by atoms with Crippen LogP contribution in [0, 0.1) is 0 Å². The number of nitrogens with zero attached hydrogens (tertiary/aromatic N) is 2. The molecule has 0 aromatic heterocycles. The van der Waals surface area contributed by atoms with E-state index in [9.17, 15) is 10.0 Å². The van der Waals surface area contributed by atoms with Crippen LogP contribution in [0.1, 0.15) is 129 Å². The number of hydroxylamine groups is 3. The third kappa shape index (κ3) is 15.5. The van der Waals surface area contributed by atoms with E-state index in [1.165, 1.54) is 96.3 Å². The van der Waals surface area contributed by atoms with Gasteiger partial charge in [-0.2, -0.15) is 0 Å². The van der Waals surface area contributed by atoms with Crippen LogP contribution >= 0.6 is 0 Å². The van der Waals surface area contributed by atoms with E-state index in [1.807, 2.05) is 6.92 Å². The standard InChI is InChI=1S/C25H48N2O3.H2O/c1-2-27(30)23-22-26-24(27)20-18-16-14-12-10-8-6-4-3-5-7-9-11-13-15-17-19-21-25(28)29;/h30H,2-23H2,1H3;1H2. The number of aliphatic imine (C=N–C) groups is 1. The summed E-state index contributed by atoms with van der Waals surface area (Å²) in [5.41, 5.74) is 0. The molecule has 1 unspecified atom stereocenters. The predicted octanol–water partition coefficient (Wildman–Crippen LogP) is 6.94. The molecule has 0 spiro atoms. The van der Waals surface area contributed by atoms with Crippen molar-refractivity contribution in [3.63, 3.8) is 0 Å². The van der Waals surface area contributed by atoms with Crippen LogP contribution in [-0.2, 0) is 4.79 Å². The number of amidine groups is 1. The molecule has 0 aromatic carbocycles. The third-order valence-corrected chi connectivity index (χ3v) is 6.56. The Morgan fingerprint density at radius 2 is 1.16 bits per heavy atom. The molecule has 1 atom stereocenters. The Balaban J connectivity index is 0.00000900. The average Bonchev–Trinajstić information content (AvgIpc) is 3.10. The summed E-state index contributed by atoms with van der Waals surface area (Å²) in [6, 6.07) is 0. The van der Waals surface area contributed by atoms with Gasteiger partial charge in [-0.3, -0.25) is 4.79 Å². The van der Waals surface area contributed by atoms with Gasteiger partial charge in [-0.05, 0) is 19.8 Å². The van der Waals surface area contributed by atoms with Gasteiger partial charge in [0.1, 0.15) is 13.1 Å². The smallest absolute Gasteiger partial charge is 0.303 e. The van der Waals surface area contributed by atoms with Crippen molar-refractivity contribution in [3.8, 4) is 0 Å². The second-order valence-electron chi connectivity index (χ2n) is 9.16. The lowest BCUT2D eigenvalue weighted by molar-refractivity contribution is -1.03. The largest absolute Gasteiger partial charge is 0.870 e. The van der Waals surface area contributed by atoms with Crippen molar-refractivity contribution >= 4 is 11.8 Å². The normalized spacial score (nSPS) is 18.1. The first-order chi connectivity index (χ1) is 14.6. The van der Waals surface area contributed by atoms with E-state index >= 15 is 0 Å². The van der Waals surface area contributed by atoms with Crippen molar-refractivity contribution in [3.05, 3.63) is 0 Å². The molecule has 1 heterocycles. The molecular formula is C25H50N2O4. The molecule has 0 aromatic rings. The highest BCUT2D eigenvalue weighted by Gasteiger charge is 2.34. The molecule has 0 aliphatic carbocycles. The van der Waals surface area contributed by atoms with Gasteiger partial charge in [0.15, 0.2) is 0 Å². The average molecular weight is 443 g/mol. The quantitative estimate of drug-likeness (QED) is 0.148. The molecule has 0 saturated heterocycles. The van der Waals surface area contributed by atoms with E-state index in [0.29, 0.717) is 6.42 Å². The lowest BCUT2D eigenvalue weighted by Crippen LogP contribution is -2.47. The Kier molecular flexibility index (Phi) is 19.1. The van der Waals surface area contributed by atoms with Gasteiger partial charge in [0.25, 0.3) is 0 Å². The molecule has 0 bridgehead atoms. The lowest BCUT2D eigenvalue weighted by Gasteiger charge is -2.23. The fourth-order valence-electron chi connectivity index (χ4n) is 4.44. The first-order valence-corrected chi connectivity index (χ1v) is 12.9. The van der Waals surface area contributed by atoms with Gasteiger partial charge in [-0.15, -0.1) is 4.65 Å². The van der Waals surface area contributed by atoms with Gasteiger partial charge in [0, 0.05) is 12.8 Å². The summed E-state index contributed by atoms with van der Waals surface area (Å²) >= 11 is 0. The summed E-state index contributed by atoms with van der Waals surface area (Å²) in [5.74, 6) is 0.347. The maximum Gasteiger partial charge on any atom is 0.303 e. The molecule has 1 rings (SSSR count). The maximum absolute atomic E-state index is 10.4. The van der Waals surface area contributed by atoms with E-state index in [4.69, 9.17) is 5.11 Å². The number of carbonyl (C=O) groups is 1. The highest BCUT2D eigenvalue weighted by atomic mass is 16.5. The molecule has 31 heavy (non-hydrogen) atoms. The number of rotatable bonds is 21. The van der Waals surface area contributed by atoms with Crippen LogP contribution in [0.2, 0.25) is 0 Å². The lowest BCUT2D eigenvalue weighted by atomic mass is 10.0. The van der Waals surface area contributed by atoms with Crippen LogP contribution < -0.4 is 0 Å². The van der Waals surface area contributed by atoms with Gasteiger partial charge >= 0.3 is 5.97 Å². The first-order valence-electron chi connectivity index (χ1n) is 12.9. The predicted molar refractivity (Wildman–Crippen MR) is 127 cm³/mol. The third-order valence-electron chi connectivity index (χ3n) is 6.56. The van der Waals surface area contributed by atoms with Gasteiger partial charge in [-0.1, -0.05) is 96.3 Å². The minimum atomic E-state index is -0.661. The van der Waals surface area contributed by atoms with E-state index in [1.54, 1.807) is 0 Å². The zero-order valence-electron chi connectivity index (χ0n) is 20.2. The Labute approximate surface area is 191 Å². The van der Waals surface area contributed by atoms with Crippen molar-refractivity contribution in [1.29, 1.82) is 0 Å². The first kappa shape index (κ1) is 30.0. The van der Waals surface area contributed by atoms with Crippen molar-refractivity contribution in [1.82, 2.24) is 0 Å². The molecule has 1 aliphatic heterocycles. The van der Waals surface area contributed by atoms with Crippen molar-refractivity contribution in [2.45, 2.75) is 129 Å². The number of quaternary nitrogens is 1. The van der Waals surface area contributed by atoms with Crippen LogP contribution in [0.5, 0.6) is 0 Å². The number of hydrogen-bond donors (Lipinski definition) is 2. The molecule has 1 aliphatic rings. The summed E-state index contributed by atoms with van der Waals surface area (Å²) in [5, 5.41) is 19.0. The number of carboxylic acids is 1. The zero-order valence-corrected chi connectivity index (χ0v) is 20.2. The summed E-state index contributed by atoms with van der Waals surface area (Å²) in [6.07, 6.45) is 23.1. The second-order valence-corrected chi connectivity index (χ2v) is 9.16. The summed E-state index contributed by atoms with van der Waals surface area (Å²) in [7, 11) is 0. The molecule has 0 radical (unpaired) electrons. The molecule has 0 amide bonds. The monoisotopic (exact) mass is 442 g/mol. The van der Waals surface area contributed by atoms with Crippen molar-refractivity contribution in [2.75, 3.05) is 19.6 Å². The molecule has 3 N–H and O–H groups in total. The summed E-state index contributed by atoms with van der Waals surface area (Å²) < 4.78 is 0.0919. The minimum absolute atomic E-state index is 0. The highest BCUT2D eigenvalue weighted by molar-refractivity contribution is 5.76. The summed E-state index contributed by atoms with van der Waals surface area (Å²) in [6.45, 7) is 4.34. The fourth-order valence-corrected chi connectivity index (χ4v) is 4.44. The Hall–Kier alpha value is -0.980. The fraction of sp³-hybridized carbons (Fsp3) is 0.920. The topological polar surface area (TPSA) is 99.9 Å². The van der Waals surface area contributed by atoms with Crippen LogP contribution in [-0.4, -0.2) is 51.9 Å². The van der Waals surface area contributed by atoms with Gasteiger partial charge < -0.3 is 10.6 Å². The number of unbranched alkanes of at least 4 members (excludes halogenated alkanes) is 16. The van der Waals surface area contributed by atoms with E-state index in [-0.39, 0.29) is 10.1 Å². The number of hydrogen-bond acceptors (Lipinski definition) is 4. The van der Waals surface area contributed by atoms with Crippen LogP contribution in [0.4, 0.5) is 0 Å². The van der Waals surface area contributed by atoms with Crippen molar-refractivity contribution < 1.29 is 25.2 Å². The molecule has 6 heteroatoms. The van der Waals surface area contributed by atoms with Gasteiger partial charge in [0.2, 0.25) is 5.84 Å². The van der Waals surface area contributed by atoms with Crippen molar-refractivity contribution in [2.24, 2.45) is 4.99 Å². The Morgan fingerprint density at radius 3 is 1.55 bits per heavy atom. The van der Waals surface area contributed by atoms with E-state index < -0.39 is 5.97 Å². The molecule has 6 nitrogen and oxygen atoms in total. The van der Waals surface area contributed by atoms with Crippen LogP contribution in [0.15, 0.2) is 4.99 Å². The van der Waals surface area contributed by atoms with Crippen LogP contribution in [0.25, 0.3) is 0 Å². The van der Waals surface area contributed by atoms with Gasteiger partial charge in [-0.25, -0.2) is 10.2 Å². The second kappa shape index (κ2) is 19.7. The number of aliphatic carboxylic acids is 1. The Morgan fingerprint density at radius 1 is 0.774 bits per heavy atom. The Bertz CT molecular complexity index is 470. The molecular weight excluding hydrogens is 392 g/mol. The number of carboxylic acid groups (broad SMARTS) is 1. The zero-order chi connectivity index (χ0) is 21.9. The summed E-state index contributed by atoms with van der Waals surface area (Å²) in [4.78, 5) is 14.9. The molecule has 0 fully saturated rings. The minimum Gasteiger partial charge on any atom is -0.870 e.